The summed E-state index contributed by atoms with van der Waals surface area (Å²) >= 11 is 0. The lowest BCUT2D eigenvalue weighted by molar-refractivity contribution is -0.185. The van der Waals surface area contributed by atoms with E-state index in [1.165, 1.54) is 31.8 Å². The van der Waals surface area contributed by atoms with E-state index in [9.17, 15) is 14.4 Å². The standard InChI is InChI=1S/C38H57NO5/c1-23(40)43-29-22-38(29,44-24-10-11-24)39-31(42)34(5)17-16-33(4)18-19-36(7)25(26(33)21-34)20-27(41)30-35(6)14-9-13-32(2,3)28(35)12-15-37(30,36)8/h20,24,26,28-30H,9-19,21-22H2,1-8H3,(H,39,42)/t26-,28?,29+,30-,33-,34+,35+,36-,37-,38?/m1/s1. The van der Waals surface area contributed by atoms with Gasteiger partial charge in [-0.1, -0.05) is 60.5 Å². The molecule has 1 amide bonds. The van der Waals surface area contributed by atoms with E-state index in [1.807, 2.05) is 0 Å². The third-order valence-electron chi connectivity index (χ3n) is 15.3. The zero-order chi connectivity index (χ0) is 31.7. The fourth-order valence-corrected chi connectivity index (χ4v) is 12.1. The van der Waals surface area contributed by atoms with E-state index < -0.39 is 17.2 Å². The molecular formula is C38H57NO5. The number of fused-ring (bicyclic) bond motifs is 7. The van der Waals surface area contributed by atoms with Crippen molar-refractivity contribution in [3.8, 4) is 0 Å². The highest BCUT2D eigenvalue weighted by Crippen LogP contribution is 2.75. The number of amides is 1. The highest BCUT2D eigenvalue weighted by atomic mass is 16.6. The second-order valence-corrected chi connectivity index (χ2v) is 18.6. The van der Waals surface area contributed by atoms with Gasteiger partial charge in [-0.3, -0.25) is 14.4 Å². The normalized spacial score (nSPS) is 50.6. The average molecular weight is 608 g/mol. The van der Waals surface area contributed by atoms with Crippen LogP contribution in [-0.4, -0.2) is 35.6 Å². The number of hydrogen-bond acceptors (Lipinski definition) is 5. The maximum atomic E-state index is 14.6. The Morgan fingerprint density at radius 3 is 2.25 bits per heavy atom. The molecule has 0 aromatic heterocycles. The van der Waals surface area contributed by atoms with Gasteiger partial charge in [0, 0.05) is 24.7 Å². The highest BCUT2D eigenvalue weighted by Gasteiger charge is 2.70. The molecule has 6 nitrogen and oxygen atoms in total. The maximum Gasteiger partial charge on any atom is 0.303 e. The minimum absolute atomic E-state index is 0.00593. The van der Waals surface area contributed by atoms with Crippen LogP contribution >= 0.6 is 0 Å². The van der Waals surface area contributed by atoms with Gasteiger partial charge in [-0.15, -0.1) is 0 Å². The molecule has 7 aliphatic carbocycles. The molecule has 0 spiro atoms. The van der Waals surface area contributed by atoms with Gasteiger partial charge in [-0.2, -0.15) is 0 Å². The molecule has 7 aliphatic rings. The molecule has 6 saturated carbocycles. The predicted octanol–water partition coefficient (Wildman–Crippen LogP) is 7.68. The van der Waals surface area contributed by atoms with Crippen molar-refractivity contribution in [3.63, 3.8) is 0 Å². The lowest BCUT2D eigenvalue weighted by Crippen LogP contribution is -2.65. The van der Waals surface area contributed by atoms with Crippen LogP contribution in [0.5, 0.6) is 0 Å². The van der Waals surface area contributed by atoms with Crippen molar-refractivity contribution in [3.05, 3.63) is 11.6 Å². The molecule has 44 heavy (non-hydrogen) atoms. The third kappa shape index (κ3) is 4.30. The fraction of sp³-hybridized carbons (Fsp3) is 0.868. The molecule has 0 radical (unpaired) electrons. The molecular weight excluding hydrogens is 550 g/mol. The molecule has 244 valence electrons. The number of nitrogens with one attached hydrogen (secondary N) is 1. The summed E-state index contributed by atoms with van der Waals surface area (Å²) in [5.74, 6) is 0.883. The summed E-state index contributed by atoms with van der Waals surface area (Å²) in [5.41, 5.74) is 0.160. The van der Waals surface area contributed by atoms with Crippen LogP contribution in [0.2, 0.25) is 0 Å². The summed E-state index contributed by atoms with van der Waals surface area (Å²) in [6, 6.07) is 0. The Balaban J connectivity index is 1.20. The molecule has 7 rings (SSSR count). The Kier molecular flexibility index (Phi) is 6.64. The van der Waals surface area contributed by atoms with E-state index in [2.05, 4.69) is 59.9 Å². The molecule has 10 atom stereocenters. The predicted molar refractivity (Wildman–Crippen MR) is 169 cm³/mol. The third-order valence-corrected chi connectivity index (χ3v) is 15.3. The molecule has 0 aliphatic heterocycles. The molecule has 0 bridgehead atoms. The first kappa shape index (κ1) is 30.9. The molecule has 0 heterocycles. The van der Waals surface area contributed by atoms with Gasteiger partial charge in [0.2, 0.25) is 5.91 Å². The number of ketones is 1. The number of allylic oxidation sites excluding steroid dienone is 2. The van der Waals surface area contributed by atoms with E-state index in [1.54, 1.807) is 0 Å². The summed E-state index contributed by atoms with van der Waals surface area (Å²) in [7, 11) is 0. The lowest BCUT2D eigenvalue weighted by Gasteiger charge is -2.70. The van der Waals surface area contributed by atoms with Crippen molar-refractivity contribution in [1.82, 2.24) is 5.32 Å². The highest BCUT2D eigenvalue weighted by molar-refractivity contribution is 5.95. The molecule has 0 aromatic rings. The van der Waals surface area contributed by atoms with E-state index in [0.717, 1.165) is 57.8 Å². The number of hydrogen-bond donors (Lipinski definition) is 1. The Hall–Kier alpha value is -1.69. The SMILES string of the molecule is CC(=O)O[C@H]1CC1(NC(=O)[C@@]1(C)CC[C@]2(C)CC[C@]3(C)C(=CC(=O)[C@@H]4[C@@]5(C)CCCC(C)(C)C5CC[C@]43C)[C@H]2C1)OC1CC1. The quantitative estimate of drug-likeness (QED) is 0.256. The zero-order valence-corrected chi connectivity index (χ0v) is 28.7. The van der Waals surface area contributed by atoms with Gasteiger partial charge >= 0.3 is 5.97 Å². The largest absolute Gasteiger partial charge is 0.457 e. The van der Waals surface area contributed by atoms with Gasteiger partial charge in [-0.05, 0) is 116 Å². The van der Waals surface area contributed by atoms with E-state index in [0.29, 0.717) is 18.1 Å². The van der Waals surface area contributed by atoms with Crippen LogP contribution < -0.4 is 5.32 Å². The summed E-state index contributed by atoms with van der Waals surface area (Å²) in [4.78, 5) is 40.6. The van der Waals surface area contributed by atoms with Crippen molar-refractivity contribution in [1.29, 1.82) is 0 Å². The van der Waals surface area contributed by atoms with E-state index in [4.69, 9.17) is 9.47 Å². The number of rotatable bonds is 5. The molecule has 6 fully saturated rings. The molecule has 0 saturated heterocycles. The monoisotopic (exact) mass is 607 g/mol. The average Bonchev–Trinajstić information content (AvgIpc) is 3.84. The fourth-order valence-electron chi connectivity index (χ4n) is 12.1. The van der Waals surface area contributed by atoms with Crippen molar-refractivity contribution in [2.45, 2.75) is 157 Å². The number of carbonyl (C=O) groups excluding carboxylic acids is 3. The van der Waals surface area contributed by atoms with Gasteiger partial charge in [0.25, 0.3) is 0 Å². The van der Waals surface area contributed by atoms with E-state index in [-0.39, 0.29) is 56.9 Å². The minimum atomic E-state index is -0.891. The summed E-state index contributed by atoms with van der Waals surface area (Å²) in [6.07, 6.45) is 15.1. The smallest absolute Gasteiger partial charge is 0.303 e. The first-order chi connectivity index (χ1) is 20.4. The van der Waals surface area contributed by atoms with Crippen molar-refractivity contribution in [2.24, 2.45) is 50.2 Å². The molecule has 0 aromatic carbocycles. The molecule has 1 N–H and O–H groups in total. The zero-order valence-electron chi connectivity index (χ0n) is 28.7. The minimum Gasteiger partial charge on any atom is -0.457 e. The number of esters is 1. The maximum absolute atomic E-state index is 14.6. The first-order valence-corrected chi connectivity index (χ1v) is 17.9. The van der Waals surface area contributed by atoms with Crippen LogP contribution in [0, 0.1) is 50.2 Å². The topological polar surface area (TPSA) is 81.7 Å². The van der Waals surface area contributed by atoms with Gasteiger partial charge in [-0.25, -0.2) is 0 Å². The van der Waals surface area contributed by atoms with Crippen LogP contribution in [0.15, 0.2) is 11.6 Å². The second kappa shape index (κ2) is 9.44. The van der Waals surface area contributed by atoms with Gasteiger partial charge < -0.3 is 14.8 Å². The van der Waals surface area contributed by atoms with E-state index >= 15 is 0 Å². The van der Waals surface area contributed by atoms with Crippen molar-refractivity contribution < 1.29 is 23.9 Å². The Labute approximate surface area is 265 Å². The Morgan fingerprint density at radius 1 is 0.864 bits per heavy atom. The number of ether oxygens (including phenoxy) is 2. The van der Waals surface area contributed by atoms with Crippen LogP contribution in [0.4, 0.5) is 0 Å². The van der Waals surface area contributed by atoms with Gasteiger partial charge in [0.1, 0.15) is 0 Å². The van der Waals surface area contributed by atoms with Crippen molar-refractivity contribution >= 4 is 17.7 Å². The molecule has 2 unspecified atom stereocenters. The van der Waals surface area contributed by atoms with Crippen LogP contribution in [-0.2, 0) is 23.9 Å². The van der Waals surface area contributed by atoms with Crippen LogP contribution in [0.25, 0.3) is 0 Å². The van der Waals surface area contributed by atoms with Crippen molar-refractivity contribution in [2.75, 3.05) is 0 Å². The van der Waals surface area contributed by atoms with Crippen LogP contribution in [0.3, 0.4) is 0 Å². The lowest BCUT2D eigenvalue weighted by atomic mass is 9.33. The first-order valence-electron chi connectivity index (χ1n) is 17.9. The Morgan fingerprint density at radius 2 is 1.57 bits per heavy atom. The summed E-state index contributed by atoms with van der Waals surface area (Å²) in [5, 5.41) is 3.27. The van der Waals surface area contributed by atoms with Crippen LogP contribution in [0.1, 0.15) is 139 Å². The summed E-state index contributed by atoms with van der Waals surface area (Å²) in [6.45, 7) is 18.3. The van der Waals surface area contributed by atoms with Gasteiger partial charge in [0.15, 0.2) is 17.6 Å². The van der Waals surface area contributed by atoms with Gasteiger partial charge in [0.05, 0.1) is 6.10 Å². The Bertz CT molecular complexity index is 1320. The summed E-state index contributed by atoms with van der Waals surface area (Å²) < 4.78 is 11.8. The second-order valence-electron chi connectivity index (χ2n) is 18.6. The molecule has 6 heteroatoms. The number of carbonyl (C=O) groups is 3.